The molecule has 2 aromatic heterocycles. The van der Waals surface area contributed by atoms with E-state index in [4.69, 9.17) is 21.3 Å². The Bertz CT molecular complexity index is 1010. The molecule has 0 aliphatic heterocycles. The predicted octanol–water partition coefficient (Wildman–Crippen LogP) is 5.73. The number of halogens is 1. The minimum absolute atomic E-state index is 0.602. The standard InChI is InChI=1S/C23H30ClN5O/c1-6-12-27(13-7-2)23-15-22(26-21-10-11-25-29(21)23)28(16-17(3)4)20-9-8-18(30-5)14-19(20)24/h8-11,14-15H,3,6-7,12-13,16H2,1-2,4-5H3. The van der Waals surface area contributed by atoms with Crippen LogP contribution in [0.2, 0.25) is 5.02 Å². The largest absolute Gasteiger partial charge is 0.497 e. The number of hydrogen-bond acceptors (Lipinski definition) is 5. The Balaban J connectivity index is 2.16. The van der Waals surface area contributed by atoms with Crippen LogP contribution in [-0.4, -0.2) is 41.3 Å². The second-order valence-electron chi connectivity index (χ2n) is 7.42. The molecule has 0 bridgehead atoms. The number of fused-ring (bicyclic) bond motifs is 1. The maximum atomic E-state index is 6.63. The average molecular weight is 428 g/mol. The number of anilines is 3. The third-order valence-corrected chi connectivity index (χ3v) is 5.09. The van der Waals surface area contributed by atoms with E-state index >= 15 is 0 Å². The fraction of sp³-hybridized carbons (Fsp3) is 0.391. The highest BCUT2D eigenvalue weighted by molar-refractivity contribution is 6.33. The monoisotopic (exact) mass is 427 g/mol. The first-order valence-corrected chi connectivity index (χ1v) is 10.7. The molecule has 0 spiro atoms. The van der Waals surface area contributed by atoms with Gasteiger partial charge in [0, 0.05) is 37.8 Å². The van der Waals surface area contributed by atoms with E-state index in [2.05, 4.69) is 41.4 Å². The fourth-order valence-electron chi connectivity index (χ4n) is 3.52. The van der Waals surface area contributed by atoms with E-state index in [1.807, 2.05) is 35.7 Å². The lowest BCUT2D eigenvalue weighted by atomic mass is 10.2. The van der Waals surface area contributed by atoms with Crippen molar-refractivity contribution in [3.8, 4) is 5.75 Å². The first kappa shape index (κ1) is 22.0. The number of ether oxygens (including phenoxy) is 1. The van der Waals surface area contributed by atoms with Crippen LogP contribution < -0.4 is 14.5 Å². The molecule has 2 heterocycles. The number of hydrogen-bond donors (Lipinski definition) is 0. The van der Waals surface area contributed by atoms with Crippen molar-refractivity contribution >= 4 is 34.6 Å². The zero-order valence-electron chi connectivity index (χ0n) is 18.2. The van der Waals surface area contributed by atoms with Crippen LogP contribution >= 0.6 is 11.6 Å². The molecule has 3 rings (SSSR count). The molecular formula is C23H30ClN5O. The first-order chi connectivity index (χ1) is 14.5. The Morgan fingerprint density at radius 2 is 1.90 bits per heavy atom. The highest BCUT2D eigenvalue weighted by Gasteiger charge is 2.19. The summed E-state index contributed by atoms with van der Waals surface area (Å²) in [6.07, 6.45) is 3.90. The molecule has 160 valence electrons. The van der Waals surface area contributed by atoms with Crippen molar-refractivity contribution in [1.82, 2.24) is 14.6 Å². The molecule has 0 radical (unpaired) electrons. The van der Waals surface area contributed by atoms with Crippen LogP contribution in [0.3, 0.4) is 0 Å². The van der Waals surface area contributed by atoms with Crippen molar-refractivity contribution in [3.05, 3.63) is 53.7 Å². The zero-order valence-corrected chi connectivity index (χ0v) is 19.0. The van der Waals surface area contributed by atoms with Gasteiger partial charge in [0.15, 0.2) is 5.65 Å². The van der Waals surface area contributed by atoms with Crippen molar-refractivity contribution in [1.29, 1.82) is 0 Å². The van der Waals surface area contributed by atoms with Gasteiger partial charge in [0.05, 0.1) is 24.0 Å². The Kier molecular flexibility index (Phi) is 7.21. The second-order valence-corrected chi connectivity index (χ2v) is 7.83. The van der Waals surface area contributed by atoms with Gasteiger partial charge in [0.2, 0.25) is 0 Å². The van der Waals surface area contributed by atoms with Gasteiger partial charge < -0.3 is 14.5 Å². The van der Waals surface area contributed by atoms with E-state index in [0.29, 0.717) is 11.6 Å². The number of aromatic nitrogens is 3. The average Bonchev–Trinajstić information content (AvgIpc) is 3.20. The van der Waals surface area contributed by atoms with Crippen molar-refractivity contribution in [2.45, 2.75) is 33.6 Å². The summed E-state index contributed by atoms with van der Waals surface area (Å²) >= 11 is 6.63. The SMILES string of the molecule is C=C(C)CN(c1cc(N(CCC)CCC)n2nccc2n1)c1ccc(OC)cc1Cl. The van der Waals surface area contributed by atoms with Crippen LogP contribution in [0.1, 0.15) is 33.6 Å². The maximum absolute atomic E-state index is 6.63. The van der Waals surface area contributed by atoms with Crippen molar-refractivity contribution in [3.63, 3.8) is 0 Å². The lowest BCUT2D eigenvalue weighted by molar-refractivity contribution is 0.415. The molecule has 0 aliphatic rings. The summed E-state index contributed by atoms with van der Waals surface area (Å²) in [5.41, 5.74) is 2.67. The smallest absolute Gasteiger partial charge is 0.159 e. The minimum atomic E-state index is 0.602. The lowest BCUT2D eigenvalue weighted by Gasteiger charge is -2.29. The van der Waals surface area contributed by atoms with Gasteiger partial charge in [-0.3, -0.25) is 0 Å². The Labute approximate surface area is 183 Å². The van der Waals surface area contributed by atoms with Gasteiger partial charge in [-0.15, -0.1) is 0 Å². The molecule has 0 aliphatic carbocycles. The molecule has 3 aromatic rings. The summed E-state index contributed by atoms with van der Waals surface area (Å²) in [4.78, 5) is 9.34. The third-order valence-electron chi connectivity index (χ3n) is 4.79. The first-order valence-electron chi connectivity index (χ1n) is 10.3. The summed E-state index contributed by atoms with van der Waals surface area (Å²) in [5.74, 6) is 2.56. The van der Waals surface area contributed by atoms with Crippen LogP contribution in [0, 0.1) is 0 Å². The van der Waals surface area contributed by atoms with E-state index in [0.717, 1.165) is 60.2 Å². The topological polar surface area (TPSA) is 45.9 Å². The van der Waals surface area contributed by atoms with Crippen molar-refractivity contribution < 1.29 is 4.74 Å². The van der Waals surface area contributed by atoms with E-state index in [-0.39, 0.29) is 0 Å². The summed E-state index contributed by atoms with van der Waals surface area (Å²) in [6.45, 7) is 13.0. The Morgan fingerprint density at radius 3 is 2.50 bits per heavy atom. The van der Waals surface area contributed by atoms with Crippen molar-refractivity contribution in [2.75, 3.05) is 36.5 Å². The minimum Gasteiger partial charge on any atom is -0.497 e. The third kappa shape index (κ3) is 4.70. The molecule has 0 fully saturated rings. The molecule has 0 unspecified atom stereocenters. The van der Waals surface area contributed by atoms with Crippen LogP contribution in [-0.2, 0) is 0 Å². The predicted molar refractivity (Wildman–Crippen MR) is 126 cm³/mol. The molecule has 0 saturated heterocycles. The normalized spacial score (nSPS) is 11.0. The fourth-order valence-corrected chi connectivity index (χ4v) is 3.79. The van der Waals surface area contributed by atoms with Crippen LogP contribution in [0.4, 0.5) is 17.3 Å². The van der Waals surface area contributed by atoms with Gasteiger partial charge in [-0.2, -0.15) is 9.61 Å². The number of nitrogens with zero attached hydrogens (tertiary/aromatic N) is 5. The van der Waals surface area contributed by atoms with Crippen LogP contribution in [0.25, 0.3) is 5.65 Å². The molecular weight excluding hydrogens is 398 g/mol. The zero-order chi connectivity index (χ0) is 21.7. The number of rotatable bonds is 10. The Morgan fingerprint density at radius 1 is 1.17 bits per heavy atom. The Hall–Kier alpha value is -2.73. The summed E-state index contributed by atoms with van der Waals surface area (Å²) in [7, 11) is 1.63. The lowest BCUT2D eigenvalue weighted by Crippen LogP contribution is -2.28. The summed E-state index contributed by atoms with van der Waals surface area (Å²) in [5, 5.41) is 5.12. The summed E-state index contributed by atoms with van der Waals surface area (Å²) < 4.78 is 7.22. The van der Waals surface area contributed by atoms with E-state index in [1.165, 1.54) is 0 Å². The summed E-state index contributed by atoms with van der Waals surface area (Å²) in [6, 6.07) is 9.71. The molecule has 0 saturated carbocycles. The number of methoxy groups -OCH3 is 1. The molecule has 6 nitrogen and oxygen atoms in total. The second kappa shape index (κ2) is 9.85. The van der Waals surface area contributed by atoms with Crippen molar-refractivity contribution in [2.24, 2.45) is 0 Å². The van der Waals surface area contributed by atoms with E-state index < -0.39 is 0 Å². The molecule has 0 amide bonds. The highest BCUT2D eigenvalue weighted by Crippen LogP contribution is 2.35. The molecule has 0 N–H and O–H groups in total. The quantitative estimate of drug-likeness (QED) is 0.386. The van der Waals surface area contributed by atoms with Crippen LogP contribution in [0.5, 0.6) is 5.75 Å². The molecule has 7 heteroatoms. The highest BCUT2D eigenvalue weighted by atomic mass is 35.5. The molecule has 30 heavy (non-hydrogen) atoms. The van der Waals surface area contributed by atoms with E-state index in [1.54, 1.807) is 13.3 Å². The van der Waals surface area contributed by atoms with Crippen LogP contribution in [0.15, 0.2) is 48.7 Å². The number of benzene rings is 1. The maximum Gasteiger partial charge on any atom is 0.159 e. The van der Waals surface area contributed by atoms with Gasteiger partial charge in [-0.05, 0) is 31.9 Å². The molecule has 0 atom stereocenters. The van der Waals surface area contributed by atoms with Gasteiger partial charge in [0.1, 0.15) is 17.4 Å². The van der Waals surface area contributed by atoms with Gasteiger partial charge in [-0.1, -0.05) is 37.6 Å². The van der Waals surface area contributed by atoms with E-state index in [9.17, 15) is 0 Å². The van der Waals surface area contributed by atoms with Gasteiger partial charge in [0.25, 0.3) is 0 Å². The van der Waals surface area contributed by atoms with Gasteiger partial charge in [-0.25, -0.2) is 4.98 Å². The van der Waals surface area contributed by atoms with Gasteiger partial charge >= 0.3 is 0 Å². The molecule has 1 aromatic carbocycles.